The third kappa shape index (κ3) is 5.29. The van der Waals surface area contributed by atoms with Gasteiger partial charge in [-0.05, 0) is 25.5 Å². The summed E-state index contributed by atoms with van der Waals surface area (Å²) in [6.07, 6.45) is 0.523. The van der Waals surface area contributed by atoms with Gasteiger partial charge in [-0.15, -0.1) is 0 Å². The molecule has 1 atom stereocenters. The lowest BCUT2D eigenvalue weighted by molar-refractivity contribution is -0.143. The smallest absolute Gasteiger partial charge is 0.329 e. The van der Waals surface area contributed by atoms with Crippen LogP contribution >= 0.6 is 0 Å². The van der Waals surface area contributed by atoms with Crippen LogP contribution in [0.1, 0.15) is 20.3 Å². The fourth-order valence-electron chi connectivity index (χ4n) is 2.81. The van der Waals surface area contributed by atoms with Crippen LogP contribution in [0.4, 0.5) is 0 Å². The van der Waals surface area contributed by atoms with E-state index in [0.717, 1.165) is 4.57 Å². The number of carbonyl (C=O) groups excluding carboxylic acids is 1. The van der Waals surface area contributed by atoms with Gasteiger partial charge in [-0.1, -0.05) is 19.1 Å². The second-order valence-electron chi connectivity index (χ2n) is 6.50. The Kier molecular flexibility index (Phi) is 7.51. The van der Waals surface area contributed by atoms with E-state index in [2.05, 4.69) is 4.98 Å². The maximum absolute atomic E-state index is 12.8. The standard InChI is InChI=1S/C19H25N3O6/c1-3-28-10-6-9-21(11-13(2)18(25)26)16(23)12-22-17(24)14-7-4-5-8-15(14)20-19(22)27/h4-5,7-8,13H,3,6,9-12H2,1-2H3,(H,20,27)(H,25,26). The maximum Gasteiger partial charge on any atom is 0.329 e. The van der Waals surface area contributed by atoms with E-state index < -0.39 is 35.6 Å². The van der Waals surface area contributed by atoms with Crippen LogP contribution in [0.3, 0.4) is 0 Å². The summed E-state index contributed by atoms with van der Waals surface area (Å²) in [6, 6.07) is 6.54. The molecule has 0 spiro atoms. The number of H-pyrrole nitrogens is 1. The molecule has 28 heavy (non-hydrogen) atoms. The van der Waals surface area contributed by atoms with Crippen molar-refractivity contribution < 1.29 is 19.4 Å². The van der Waals surface area contributed by atoms with Crippen molar-refractivity contribution >= 4 is 22.8 Å². The molecule has 1 aromatic carbocycles. The van der Waals surface area contributed by atoms with Crippen molar-refractivity contribution in [1.82, 2.24) is 14.5 Å². The number of carbonyl (C=O) groups is 2. The summed E-state index contributed by atoms with van der Waals surface area (Å²) in [5.74, 6) is -2.29. The molecule has 0 aliphatic carbocycles. The van der Waals surface area contributed by atoms with Crippen molar-refractivity contribution in [2.24, 2.45) is 5.92 Å². The minimum absolute atomic E-state index is 0.0134. The number of nitrogens with one attached hydrogen (secondary N) is 1. The van der Waals surface area contributed by atoms with Gasteiger partial charge in [0.25, 0.3) is 5.56 Å². The van der Waals surface area contributed by atoms with Gasteiger partial charge in [-0.3, -0.25) is 19.0 Å². The largest absolute Gasteiger partial charge is 0.481 e. The molecule has 1 aromatic heterocycles. The Labute approximate surface area is 161 Å². The molecule has 0 radical (unpaired) electrons. The number of ether oxygens (including phenoxy) is 1. The van der Waals surface area contributed by atoms with Crippen LogP contribution in [0.25, 0.3) is 10.9 Å². The maximum atomic E-state index is 12.8. The summed E-state index contributed by atoms with van der Waals surface area (Å²) in [5.41, 5.74) is -0.847. The van der Waals surface area contributed by atoms with Crippen molar-refractivity contribution in [2.75, 3.05) is 26.3 Å². The Morgan fingerprint density at radius 2 is 2.00 bits per heavy atom. The Morgan fingerprint density at radius 3 is 2.68 bits per heavy atom. The fraction of sp³-hybridized carbons (Fsp3) is 0.474. The van der Waals surface area contributed by atoms with E-state index in [-0.39, 0.29) is 13.1 Å². The Morgan fingerprint density at radius 1 is 1.29 bits per heavy atom. The van der Waals surface area contributed by atoms with E-state index in [1.807, 2.05) is 6.92 Å². The molecule has 2 rings (SSSR count). The van der Waals surface area contributed by atoms with Crippen LogP contribution in [-0.2, 0) is 20.9 Å². The van der Waals surface area contributed by atoms with Crippen molar-refractivity contribution in [3.05, 3.63) is 45.1 Å². The van der Waals surface area contributed by atoms with E-state index in [1.54, 1.807) is 24.3 Å². The first kappa shape index (κ1) is 21.4. The average molecular weight is 391 g/mol. The topological polar surface area (TPSA) is 122 Å². The average Bonchev–Trinajstić information content (AvgIpc) is 2.67. The minimum Gasteiger partial charge on any atom is -0.481 e. The number of nitrogens with zero attached hydrogens (tertiary/aromatic N) is 2. The third-order valence-corrected chi connectivity index (χ3v) is 4.37. The van der Waals surface area contributed by atoms with Crippen LogP contribution in [0.2, 0.25) is 0 Å². The molecular formula is C19H25N3O6. The highest BCUT2D eigenvalue weighted by atomic mass is 16.5. The predicted octanol–water partition coefficient (Wildman–Crippen LogP) is 0.666. The number of benzene rings is 1. The molecule has 0 aliphatic rings. The van der Waals surface area contributed by atoms with Crippen LogP contribution in [0.5, 0.6) is 0 Å². The number of carboxylic acids is 1. The normalized spacial score (nSPS) is 12.1. The zero-order valence-corrected chi connectivity index (χ0v) is 16.0. The molecule has 0 aliphatic heterocycles. The summed E-state index contributed by atoms with van der Waals surface area (Å²) in [4.78, 5) is 52.7. The van der Waals surface area contributed by atoms with Gasteiger partial charge in [0.2, 0.25) is 5.91 Å². The quantitative estimate of drug-likeness (QED) is 0.574. The van der Waals surface area contributed by atoms with E-state index in [1.165, 1.54) is 11.8 Å². The number of aromatic nitrogens is 2. The number of carboxylic acid groups (broad SMARTS) is 1. The third-order valence-electron chi connectivity index (χ3n) is 4.37. The molecule has 2 aromatic rings. The van der Waals surface area contributed by atoms with Gasteiger partial charge >= 0.3 is 11.7 Å². The summed E-state index contributed by atoms with van der Waals surface area (Å²) in [5, 5.41) is 9.45. The molecule has 1 amide bonds. The highest BCUT2D eigenvalue weighted by Gasteiger charge is 2.22. The van der Waals surface area contributed by atoms with Gasteiger partial charge < -0.3 is 19.7 Å². The van der Waals surface area contributed by atoms with E-state index >= 15 is 0 Å². The molecule has 0 fully saturated rings. The Balaban J connectivity index is 2.24. The van der Waals surface area contributed by atoms with Gasteiger partial charge in [0.1, 0.15) is 6.54 Å². The fourth-order valence-corrected chi connectivity index (χ4v) is 2.81. The molecule has 9 nitrogen and oxygen atoms in total. The molecule has 9 heteroatoms. The number of aliphatic carboxylic acids is 1. The van der Waals surface area contributed by atoms with Gasteiger partial charge in [0, 0.05) is 26.3 Å². The van der Waals surface area contributed by atoms with Gasteiger partial charge in [-0.25, -0.2) is 4.79 Å². The molecular weight excluding hydrogens is 366 g/mol. The van der Waals surface area contributed by atoms with Crippen LogP contribution in [0, 0.1) is 5.92 Å². The molecule has 0 bridgehead atoms. The summed E-state index contributed by atoms with van der Waals surface area (Å²) >= 11 is 0. The number of fused-ring (bicyclic) bond motifs is 1. The Hall–Kier alpha value is -2.94. The number of hydrogen-bond acceptors (Lipinski definition) is 5. The lowest BCUT2D eigenvalue weighted by Crippen LogP contribution is -2.44. The SMILES string of the molecule is CCOCCCN(CC(C)C(=O)O)C(=O)Cn1c(=O)[nH]c2ccccc2c1=O. The van der Waals surface area contributed by atoms with Crippen LogP contribution < -0.4 is 11.2 Å². The van der Waals surface area contributed by atoms with Crippen molar-refractivity contribution in [3.8, 4) is 0 Å². The Bertz CT molecular complexity index is 949. The van der Waals surface area contributed by atoms with Gasteiger partial charge in [0.15, 0.2) is 0 Å². The van der Waals surface area contributed by atoms with E-state index in [9.17, 15) is 19.2 Å². The molecule has 0 saturated heterocycles. The van der Waals surface area contributed by atoms with Crippen LogP contribution in [-0.4, -0.2) is 57.7 Å². The zero-order valence-electron chi connectivity index (χ0n) is 16.0. The second kappa shape index (κ2) is 9.84. The molecule has 2 N–H and O–H groups in total. The number of amides is 1. The lowest BCUT2D eigenvalue weighted by Gasteiger charge is -2.24. The molecule has 1 unspecified atom stereocenters. The number of rotatable bonds is 10. The highest BCUT2D eigenvalue weighted by molar-refractivity contribution is 5.79. The number of aromatic amines is 1. The van der Waals surface area contributed by atoms with Crippen LogP contribution in [0.15, 0.2) is 33.9 Å². The first-order valence-electron chi connectivity index (χ1n) is 9.15. The molecule has 0 saturated carbocycles. The zero-order chi connectivity index (χ0) is 20.7. The number of para-hydroxylation sites is 1. The predicted molar refractivity (Wildman–Crippen MR) is 103 cm³/mol. The lowest BCUT2D eigenvalue weighted by atomic mass is 10.1. The van der Waals surface area contributed by atoms with Crippen molar-refractivity contribution in [2.45, 2.75) is 26.8 Å². The second-order valence-corrected chi connectivity index (χ2v) is 6.50. The van der Waals surface area contributed by atoms with E-state index in [4.69, 9.17) is 9.84 Å². The number of hydrogen-bond donors (Lipinski definition) is 2. The summed E-state index contributed by atoms with van der Waals surface area (Å²) in [6.45, 7) is 4.13. The van der Waals surface area contributed by atoms with Gasteiger partial charge in [-0.2, -0.15) is 0 Å². The highest BCUT2D eigenvalue weighted by Crippen LogP contribution is 2.05. The minimum atomic E-state index is -1.02. The van der Waals surface area contributed by atoms with Crippen molar-refractivity contribution in [3.63, 3.8) is 0 Å². The van der Waals surface area contributed by atoms with Gasteiger partial charge in [0.05, 0.1) is 16.8 Å². The monoisotopic (exact) mass is 391 g/mol. The summed E-state index contributed by atoms with van der Waals surface area (Å²) in [7, 11) is 0. The van der Waals surface area contributed by atoms with E-state index in [0.29, 0.717) is 30.5 Å². The first-order chi connectivity index (χ1) is 13.3. The molecule has 1 heterocycles. The summed E-state index contributed by atoms with van der Waals surface area (Å²) < 4.78 is 6.10. The molecule has 152 valence electrons. The first-order valence-corrected chi connectivity index (χ1v) is 9.15. The van der Waals surface area contributed by atoms with Crippen molar-refractivity contribution in [1.29, 1.82) is 0 Å².